The summed E-state index contributed by atoms with van der Waals surface area (Å²) in [5, 5.41) is 24.5. The molecule has 12 heteroatoms. The molecular weight excluding hydrogens is 494 g/mol. The van der Waals surface area contributed by atoms with Gasteiger partial charge in [-0.15, -0.1) is 0 Å². The molecule has 3 amide bonds. The number of rotatable bonds is 13. The maximum atomic E-state index is 13.1. The Bertz CT molecular complexity index is 1000. The van der Waals surface area contributed by atoms with Crippen molar-refractivity contribution in [1.29, 1.82) is 0 Å². The number of nitrogens with two attached hydrogens (primary N) is 1. The van der Waals surface area contributed by atoms with Crippen molar-refractivity contribution < 1.29 is 34.2 Å². The number of aliphatic carboxylic acids is 2. The van der Waals surface area contributed by atoms with Crippen LogP contribution in [0.3, 0.4) is 0 Å². The number of carboxylic acid groups (broad SMARTS) is 2. The van der Waals surface area contributed by atoms with E-state index in [9.17, 15) is 34.2 Å². The SMILES string of the molecule is NCCCC[C@@H](NC(=O)c1cccnc1)C(=O)N[C@H](CCC(=O)N1[C@H](C(=O)O)C[C@@H]2CCCC[C@@H]21)C(=O)O. The Morgan fingerprint density at radius 2 is 1.82 bits per heavy atom. The van der Waals surface area contributed by atoms with Crippen molar-refractivity contribution in [2.75, 3.05) is 6.54 Å². The molecule has 0 radical (unpaired) electrons. The average molecular weight is 532 g/mol. The lowest BCUT2D eigenvalue weighted by Gasteiger charge is -2.33. The quantitative estimate of drug-likeness (QED) is 0.230. The maximum Gasteiger partial charge on any atom is 0.326 e. The second-order valence-corrected chi connectivity index (χ2v) is 9.99. The minimum atomic E-state index is -1.38. The number of unbranched alkanes of at least 4 members (excludes halogenated alkanes) is 1. The first-order valence-electron chi connectivity index (χ1n) is 13.2. The second-order valence-electron chi connectivity index (χ2n) is 9.99. The number of hydrogen-bond donors (Lipinski definition) is 5. The molecule has 3 rings (SSSR count). The van der Waals surface area contributed by atoms with Crippen LogP contribution in [-0.2, 0) is 19.2 Å². The van der Waals surface area contributed by atoms with Gasteiger partial charge in [0.25, 0.3) is 5.91 Å². The van der Waals surface area contributed by atoms with Gasteiger partial charge in [-0.1, -0.05) is 12.8 Å². The molecule has 1 aliphatic carbocycles. The Morgan fingerprint density at radius 1 is 1.05 bits per heavy atom. The number of fused-ring (bicyclic) bond motifs is 1. The summed E-state index contributed by atoms with van der Waals surface area (Å²) in [6, 6.07) is -0.326. The minimum Gasteiger partial charge on any atom is -0.480 e. The molecule has 1 saturated carbocycles. The highest BCUT2D eigenvalue weighted by molar-refractivity contribution is 5.98. The van der Waals surface area contributed by atoms with Crippen LogP contribution in [-0.4, -0.2) is 80.5 Å². The van der Waals surface area contributed by atoms with E-state index in [1.165, 1.54) is 17.3 Å². The molecule has 2 aliphatic rings. The van der Waals surface area contributed by atoms with Crippen LogP contribution in [0, 0.1) is 5.92 Å². The zero-order valence-electron chi connectivity index (χ0n) is 21.4. The zero-order chi connectivity index (χ0) is 27.7. The van der Waals surface area contributed by atoms with Crippen LogP contribution in [0.15, 0.2) is 24.5 Å². The number of amides is 3. The molecule has 1 aromatic rings. The molecule has 38 heavy (non-hydrogen) atoms. The smallest absolute Gasteiger partial charge is 0.326 e. The van der Waals surface area contributed by atoms with Crippen molar-refractivity contribution in [1.82, 2.24) is 20.5 Å². The van der Waals surface area contributed by atoms with Crippen LogP contribution in [0.1, 0.15) is 74.6 Å². The van der Waals surface area contributed by atoms with Crippen molar-refractivity contribution in [3.8, 4) is 0 Å². The van der Waals surface area contributed by atoms with E-state index < -0.39 is 47.8 Å². The number of likely N-dealkylation sites (tertiary alicyclic amines) is 1. The lowest BCUT2D eigenvalue weighted by atomic mass is 9.84. The van der Waals surface area contributed by atoms with Gasteiger partial charge in [0.1, 0.15) is 18.1 Å². The second kappa shape index (κ2) is 13.8. The molecule has 1 aromatic heterocycles. The first-order chi connectivity index (χ1) is 18.2. The standard InChI is InChI=1S/C26H37N5O7/c27-12-4-3-8-18(29-23(33)17-7-5-13-28-15-17)24(34)30-19(25(35)36)10-11-22(32)31-20-9-2-1-6-16(20)14-21(31)26(37)38/h5,7,13,15-16,18-21H,1-4,6,8-12,14,27H2,(H,29,33)(H,30,34)(H,35,36)(H,37,38)/t16-,18+,19+,20-,21-/m0/s1. The highest BCUT2D eigenvalue weighted by Gasteiger charge is 2.47. The normalized spacial score (nSPS) is 22.1. The predicted molar refractivity (Wildman–Crippen MR) is 136 cm³/mol. The van der Waals surface area contributed by atoms with E-state index in [4.69, 9.17) is 5.73 Å². The van der Waals surface area contributed by atoms with E-state index in [1.807, 2.05) is 0 Å². The van der Waals surface area contributed by atoms with E-state index in [0.717, 1.165) is 25.7 Å². The van der Waals surface area contributed by atoms with Crippen LogP contribution in [0.2, 0.25) is 0 Å². The fourth-order valence-corrected chi connectivity index (χ4v) is 5.47. The van der Waals surface area contributed by atoms with Crippen LogP contribution >= 0.6 is 0 Å². The van der Waals surface area contributed by atoms with Crippen molar-refractivity contribution in [2.24, 2.45) is 11.7 Å². The summed E-state index contributed by atoms with van der Waals surface area (Å²) < 4.78 is 0. The van der Waals surface area contributed by atoms with Crippen molar-refractivity contribution in [3.05, 3.63) is 30.1 Å². The molecule has 0 unspecified atom stereocenters. The zero-order valence-corrected chi connectivity index (χ0v) is 21.4. The molecule has 0 aromatic carbocycles. The van der Waals surface area contributed by atoms with Crippen LogP contribution in [0.25, 0.3) is 0 Å². The number of nitrogens with one attached hydrogen (secondary N) is 2. The van der Waals surface area contributed by atoms with Crippen molar-refractivity contribution >= 4 is 29.7 Å². The summed E-state index contributed by atoms with van der Waals surface area (Å²) in [6.07, 6.45) is 7.79. The Kier molecular flexibility index (Phi) is 10.6. The highest BCUT2D eigenvalue weighted by Crippen LogP contribution is 2.40. The van der Waals surface area contributed by atoms with E-state index in [0.29, 0.717) is 25.8 Å². The van der Waals surface area contributed by atoms with Gasteiger partial charge in [-0.25, -0.2) is 9.59 Å². The van der Waals surface area contributed by atoms with Crippen molar-refractivity contribution in [2.45, 2.75) is 88.4 Å². The Labute approximate surface area is 221 Å². The molecule has 0 spiro atoms. The number of nitrogens with zero attached hydrogens (tertiary/aromatic N) is 2. The van der Waals surface area contributed by atoms with Gasteiger partial charge in [0.2, 0.25) is 11.8 Å². The third kappa shape index (κ3) is 7.50. The number of hydrogen-bond acceptors (Lipinski definition) is 7. The lowest BCUT2D eigenvalue weighted by Crippen LogP contribution is -2.52. The minimum absolute atomic E-state index is 0.140. The fraction of sp³-hybridized carbons (Fsp3) is 0.615. The number of aromatic nitrogens is 1. The molecule has 208 valence electrons. The third-order valence-corrected chi connectivity index (χ3v) is 7.42. The molecule has 5 atom stereocenters. The van der Waals surface area contributed by atoms with E-state index >= 15 is 0 Å². The monoisotopic (exact) mass is 531 g/mol. The molecule has 2 heterocycles. The van der Waals surface area contributed by atoms with Gasteiger partial charge in [-0.05, 0) is 69.5 Å². The number of pyridine rings is 1. The number of carbonyl (C=O) groups excluding carboxylic acids is 3. The van der Waals surface area contributed by atoms with Gasteiger partial charge in [0.15, 0.2) is 0 Å². The van der Waals surface area contributed by atoms with E-state index in [-0.39, 0.29) is 36.8 Å². The topological polar surface area (TPSA) is 192 Å². The van der Waals surface area contributed by atoms with Gasteiger partial charge < -0.3 is 31.5 Å². The Hall–Kier alpha value is -3.54. The van der Waals surface area contributed by atoms with E-state index in [2.05, 4.69) is 15.6 Å². The lowest BCUT2D eigenvalue weighted by molar-refractivity contribution is -0.150. The maximum absolute atomic E-state index is 13.1. The fourth-order valence-electron chi connectivity index (χ4n) is 5.47. The predicted octanol–water partition coefficient (Wildman–Crippen LogP) is 0.903. The number of carboxylic acids is 2. The average Bonchev–Trinajstić information content (AvgIpc) is 3.30. The van der Waals surface area contributed by atoms with E-state index in [1.54, 1.807) is 12.1 Å². The first-order valence-corrected chi connectivity index (χ1v) is 13.2. The third-order valence-electron chi connectivity index (χ3n) is 7.42. The molecule has 2 fully saturated rings. The molecule has 6 N–H and O–H groups in total. The Morgan fingerprint density at radius 3 is 2.47 bits per heavy atom. The summed E-state index contributed by atoms with van der Waals surface area (Å²) in [7, 11) is 0. The highest BCUT2D eigenvalue weighted by atomic mass is 16.4. The largest absolute Gasteiger partial charge is 0.480 e. The van der Waals surface area contributed by atoms with Gasteiger partial charge in [-0.3, -0.25) is 19.4 Å². The van der Waals surface area contributed by atoms with Gasteiger partial charge in [0.05, 0.1) is 5.56 Å². The first kappa shape index (κ1) is 29.0. The molecular formula is C26H37N5O7. The summed E-state index contributed by atoms with van der Waals surface area (Å²) in [5.74, 6) is -3.87. The number of carbonyl (C=O) groups is 5. The summed E-state index contributed by atoms with van der Waals surface area (Å²) in [5.41, 5.74) is 5.80. The molecule has 1 saturated heterocycles. The van der Waals surface area contributed by atoms with Crippen molar-refractivity contribution in [3.63, 3.8) is 0 Å². The van der Waals surface area contributed by atoms with Gasteiger partial charge >= 0.3 is 11.9 Å². The summed E-state index contributed by atoms with van der Waals surface area (Å²) in [4.78, 5) is 67.9. The van der Waals surface area contributed by atoms with Gasteiger partial charge in [0, 0.05) is 24.9 Å². The summed E-state index contributed by atoms with van der Waals surface area (Å²) in [6.45, 7) is 0.403. The van der Waals surface area contributed by atoms with Gasteiger partial charge in [-0.2, -0.15) is 0 Å². The van der Waals surface area contributed by atoms with Crippen LogP contribution < -0.4 is 16.4 Å². The molecule has 0 bridgehead atoms. The van der Waals surface area contributed by atoms with Crippen LogP contribution in [0.5, 0.6) is 0 Å². The Balaban J connectivity index is 1.64. The van der Waals surface area contributed by atoms with Crippen LogP contribution in [0.4, 0.5) is 0 Å². The summed E-state index contributed by atoms with van der Waals surface area (Å²) >= 11 is 0. The molecule has 1 aliphatic heterocycles. The molecule has 12 nitrogen and oxygen atoms in total.